The van der Waals surface area contributed by atoms with Crippen molar-refractivity contribution < 1.29 is 14.3 Å². The monoisotopic (exact) mass is 255 g/mol. The Morgan fingerprint density at radius 1 is 1.44 bits per heavy atom. The highest BCUT2D eigenvalue weighted by molar-refractivity contribution is 5.79. The second-order valence-corrected chi connectivity index (χ2v) is 6.06. The van der Waals surface area contributed by atoms with Crippen molar-refractivity contribution in [1.29, 1.82) is 0 Å². The molecule has 0 aliphatic carbocycles. The molecule has 0 radical (unpaired) electrons. The van der Waals surface area contributed by atoms with Gasteiger partial charge in [0.15, 0.2) is 0 Å². The summed E-state index contributed by atoms with van der Waals surface area (Å²) in [4.78, 5) is 24.8. The third-order valence-corrected chi connectivity index (χ3v) is 3.25. The number of hydrogen-bond acceptors (Lipinski definition) is 4. The largest absolute Gasteiger partial charge is 0.444 e. The summed E-state index contributed by atoms with van der Waals surface area (Å²) in [5.41, 5.74) is -0.647. The molecule has 2 rings (SSSR count). The van der Waals surface area contributed by atoms with E-state index in [9.17, 15) is 9.59 Å². The van der Waals surface area contributed by atoms with Gasteiger partial charge >= 0.3 is 6.09 Å². The van der Waals surface area contributed by atoms with Crippen molar-refractivity contribution in [3.8, 4) is 0 Å². The maximum atomic E-state index is 11.9. The number of nitrogens with zero attached hydrogens (tertiary/aromatic N) is 1. The Morgan fingerprint density at radius 3 is 2.72 bits per heavy atom. The molecule has 2 saturated heterocycles. The van der Waals surface area contributed by atoms with Crippen LogP contribution in [0, 0.1) is 0 Å². The molecule has 0 bridgehead atoms. The molecule has 1 atom stereocenters. The van der Waals surface area contributed by atoms with Gasteiger partial charge in [-0.15, -0.1) is 0 Å². The molecule has 0 aromatic rings. The number of likely N-dealkylation sites (tertiary alicyclic amines) is 1. The van der Waals surface area contributed by atoms with Crippen LogP contribution in [0.15, 0.2) is 0 Å². The van der Waals surface area contributed by atoms with Gasteiger partial charge in [-0.2, -0.15) is 0 Å². The molecule has 1 spiro atoms. The van der Waals surface area contributed by atoms with Crippen molar-refractivity contribution in [2.75, 3.05) is 26.2 Å². The predicted molar refractivity (Wildman–Crippen MR) is 66.2 cm³/mol. The second-order valence-electron chi connectivity index (χ2n) is 6.06. The lowest BCUT2D eigenvalue weighted by atomic mass is 9.97. The first-order valence-electron chi connectivity index (χ1n) is 6.29. The van der Waals surface area contributed by atoms with Crippen molar-refractivity contribution in [3.63, 3.8) is 0 Å². The maximum Gasteiger partial charge on any atom is 0.410 e. The molecule has 0 aromatic heterocycles. The molecule has 2 aliphatic rings. The van der Waals surface area contributed by atoms with E-state index in [1.807, 2.05) is 20.8 Å². The van der Waals surface area contributed by atoms with Crippen LogP contribution in [-0.2, 0) is 9.53 Å². The number of carbonyl (C=O) groups excluding carboxylic acids is 2. The van der Waals surface area contributed by atoms with Crippen LogP contribution in [0.5, 0.6) is 0 Å². The fourth-order valence-electron chi connectivity index (χ4n) is 2.30. The predicted octanol–water partition coefficient (Wildman–Crippen LogP) is 0.0854. The molecule has 0 aromatic carbocycles. The summed E-state index contributed by atoms with van der Waals surface area (Å²) < 4.78 is 5.35. The molecule has 2 aliphatic heterocycles. The van der Waals surface area contributed by atoms with Crippen LogP contribution in [0.4, 0.5) is 4.79 Å². The van der Waals surface area contributed by atoms with Gasteiger partial charge in [-0.1, -0.05) is 0 Å². The molecule has 6 heteroatoms. The van der Waals surface area contributed by atoms with E-state index in [1.165, 1.54) is 0 Å². The third-order valence-electron chi connectivity index (χ3n) is 3.25. The zero-order valence-electron chi connectivity index (χ0n) is 11.2. The first-order chi connectivity index (χ1) is 8.30. The highest BCUT2D eigenvalue weighted by atomic mass is 16.6. The van der Waals surface area contributed by atoms with Crippen LogP contribution in [0.25, 0.3) is 0 Å². The standard InChI is InChI=1S/C12H21N3O3/c1-11(2,3)18-10(17)15-5-4-12(8-15)7-13-9(16)6-14-12/h14H,4-8H2,1-3H3,(H,13,16)/t12-/m1/s1. The van der Waals surface area contributed by atoms with E-state index >= 15 is 0 Å². The number of ether oxygens (including phenoxy) is 1. The highest BCUT2D eigenvalue weighted by Gasteiger charge is 2.43. The Bertz CT molecular complexity index is 352. The average Bonchev–Trinajstić information content (AvgIpc) is 2.65. The Labute approximate surface area is 107 Å². The van der Waals surface area contributed by atoms with Crippen LogP contribution in [0.2, 0.25) is 0 Å². The number of amides is 2. The molecule has 2 amide bonds. The summed E-state index contributed by atoms with van der Waals surface area (Å²) in [6, 6.07) is 0. The van der Waals surface area contributed by atoms with E-state index in [-0.39, 0.29) is 17.5 Å². The Hall–Kier alpha value is -1.30. The smallest absolute Gasteiger partial charge is 0.410 e. The van der Waals surface area contributed by atoms with E-state index in [4.69, 9.17) is 4.74 Å². The summed E-state index contributed by atoms with van der Waals surface area (Å²) in [5.74, 6) is 0.0105. The van der Waals surface area contributed by atoms with Gasteiger partial charge in [-0.3, -0.25) is 10.1 Å². The van der Waals surface area contributed by atoms with Crippen molar-refractivity contribution >= 4 is 12.0 Å². The van der Waals surface area contributed by atoms with Gasteiger partial charge in [0.05, 0.1) is 12.1 Å². The molecule has 2 N–H and O–H groups in total. The van der Waals surface area contributed by atoms with Crippen molar-refractivity contribution in [1.82, 2.24) is 15.5 Å². The lowest BCUT2D eigenvalue weighted by Gasteiger charge is -2.34. The first kappa shape index (κ1) is 13.1. The minimum absolute atomic E-state index is 0.0105. The zero-order valence-corrected chi connectivity index (χ0v) is 11.2. The summed E-state index contributed by atoms with van der Waals surface area (Å²) in [6.07, 6.45) is 0.560. The van der Waals surface area contributed by atoms with Crippen LogP contribution in [0.1, 0.15) is 27.2 Å². The number of nitrogens with one attached hydrogen (secondary N) is 2. The zero-order chi connectivity index (χ0) is 13.4. The van der Waals surface area contributed by atoms with Crippen molar-refractivity contribution in [2.45, 2.75) is 38.3 Å². The fourth-order valence-corrected chi connectivity index (χ4v) is 2.30. The van der Waals surface area contributed by atoms with E-state index in [0.717, 1.165) is 6.42 Å². The van der Waals surface area contributed by atoms with Gasteiger partial charge in [0.1, 0.15) is 5.60 Å². The van der Waals surface area contributed by atoms with Crippen molar-refractivity contribution in [3.05, 3.63) is 0 Å². The number of rotatable bonds is 0. The summed E-state index contributed by atoms with van der Waals surface area (Å²) in [7, 11) is 0. The maximum absolute atomic E-state index is 11.9. The number of piperazine rings is 1. The Morgan fingerprint density at radius 2 is 2.17 bits per heavy atom. The topological polar surface area (TPSA) is 70.7 Å². The van der Waals surface area contributed by atoms with E-state index in [0.29, 0.717) is 26.2 Å². The second kappa shape index (κ2) is 4.42. The van der Waals surface area contributed by atoms with Crippen molar-refractivity contribution in [2.24, 2.45) is 0 Å². The summed E-state index contributed by atoms with van der Waals surface area (Å²) in [5, 5.41) is 6.07. The van der Waals surface area contributed by atoms with E-state index in [2.05, 4.69) is 10.6 Å². The van der Waals surface area contributed by atoms with Crippen LogP contribution in [0.3, 0.4) is 0 Å². The molecule has 102 valence electrons. The minimum atomic E-state index is -0.471. The number of hydrogen-bond donors (Lipinski definition) is 2. The highest BCUT2D eigenvalue weighted by Crippen LogP contribution is 2.24. The average molecular weight is 255 g/mol. The minimum Gasteiger partial charge on any atom is -0.444 e. The molecule has 18 heavy (non-hydrogen) atoms. The fraction of sp³-hybridized carbons (Fsp3) is 0.833. The Balaban J connectivity index is 1.92. The normalized spacial score (nSPS) is 28.4. The van der Waals surface area contributed by atoms with Gasteiger partial charge in [-0.05, 0) is 27.2 Å². The van der Waals surface area contributed by atoms with Crippen LogP contribution < -0.4 is 10.6 Å². The lowest BCUT2D eigenvalue weighted by molar-refractivity contribution is -0.122. The molecular weight excluding hydrogens is 234 g/mol. The van der Waals surface area contributed by atoms with Crippen LogP contribution >= 0.6 is 0 Å². The molecule has 6 nitrogen and oxygen atoms in total. The van der Waals surface area contributed by atoms with Gasteiger partial charge in [0.25, 0.3) is 0 Å². The Kier molecular flexibility index (Phi) is 3.23. The van der Waals surface area contributed by atoms with E-state index < -0.39 is 5.60 Å². The molecule has 0 saturated carbocycles. The molecular formula is C12H21N3O3. The van der Waals surface area contributed by atoms with Gasteiger partial charge < -0.3 is 15.0 Å². The lowest BCUT2D eigenvalue weighted by Crippen LogP contribution is -2.62. The number of carbonyl (C=O) groups is 2. The SMILES string of the molecule is CC(C)(C)OC(=O)N1CC[C@@]2(CNC(=O)CN2)C1. The molecule has 2 fully saturated rings. The summed E-state index contributed by atoms with van der Waals surface area (Å²) >= 11 is 0. The quantitative estimate of drug-likeness (QED) is 0.643. The molecule has 2 heterocycles. The molecule has 0 unspecified atom stereocenters. The van der Waals surface area contributed by atoms with Gasteiger partial charge in [-0.25, -0.2) is 4.79 Å². The van der Waals surface area contributed by atoms with Gasteiger partial charge in [0.2, 0.25) is 5.91 Å². The van der Waals surface area contributed by atoms with Gasteiger partial charge in [0, 0.05) is 19.6 Å². The first-order valence-corrected chi connectivity index (χ1v) is 6.29. The van der Waals surface area contributed by atoms with Crippen LogP contribution in [-0.4, -0.2) is 54.2 Å². The van der Waals surface area contributed by atoms with E-state index in [1.54, 1.807) is 4.90 Å². The summed E-state index contributed by atoms with van der Waals surface area (Å²) in [6.45, 7) is 7.72. The third kappa shape index (κ3) is 2.93.